The number of sulfonamides is 1. The molecule has 176 valence electrons. The topological polar surface area (TPSA) is 81.5 Å². The van der Waals surface area contributed by atoms with Gasteiger partial charge in [-0.1, -0.05) is 23.7 Å². The Kier molecular flexibility index (Phi) is 6.54. The molecule has 0 saturated heterocycles. The van der Waals surface area contributed by atoms with Gasteiger partial charge < -0.3 is 4.74 Å². The summed E-state index contributed by atoms with van der Waals surface area (Å²) >= 11 is 6.06. The molecule has 1 aliphatic heterocycles. The minimum atomic E-state index is -4.72. The van der Waals surface area contributed by atoms with Crippen molar-refractivity contribution in [3.63, 3.8) is 0 Å². The Hall–Kier alpha value is -2.27. The van der Waals surface area contributed by atoms with E-state index in [2.05, 4.69) is 9.84 Å². The van der Waals surface area contributed by atoms with Crippen LogP contribution >= 0.6 is 11.6 Å². The van der Waals surface area contributed by atoms with E-state index in [0.717, 1.165) is 19.4 Å². The highest BCUT2D eigenvalue weighted by molar-refractivity contribution is 7.93. The number of esters is 1. The summed E-state index contributed by atoms with van der Waals surface area (Å²) in [5, 5.41) is 3.83. The summed E-state index contributed by atoms with van der Waals surface area (Å²) in [7, 11) is -4.04. The van der Waals surface area contributed by atoms with E-state index in [1.807, 2.05) is 0 Å². The molecule has 0 atom stereocenters. The highest BCUT2D eigenvalue weighted by atomic mass is 35.5. The molecule has 1 aromatic carbocycles. The quantitative estimate of drug-likeness (QED) is 0.565. The van der Waals surface area contributed by atoms with Crippen molar-refractivity contribution in [1.82, 2.24) is 9.78 Å². The van der Waals surface area contributed by atoms with E-state index in [1.165, 1.54) is 21.3 Å². The van der Waals surface area contributed by atoms with Crippen LogP contribution in [-0.2, 0) is 38.9 Å². The van der Waals surface area contributed by atoms with Gasteiger partial charge in [0.2, 0.25) is 5.60 Å². The number of benzene rings is 1. The predicted molar refractivity (Wildman–Crippen MR) is 112 cm³/mol. The number of rotatable bonds is 6. The van der Waals surface area contributed by atoms with Gasteiger partial charge >= 0.3 is 12.1 Å². The van der Waals surface area contributed by atoms with Crippen LogP contribution in [0.2, 0.25) is 5.15 Å². The minimum absolute atomic E-state index is 0.134. The lowest BCUT2D eigenvalue weighted by molar-refractivity contribution is -0.257. The van der Waals surface area contributed by atoms with Gasteiger partial charge in [-0.2, -0.15) is 18.3 Å². The molecule has 1 aromatic heterocycles. The fraction of sp³-hybridized carbons (Fsp3) is 0.500. The van der Waals surface area contributed by atoms with Gasteiger partial charge in [0.05, 0.1) is 12.1 Å². The third-order valence-electron chi connectivity index (χ3n) is 5.20. The van der Waals surface area contributed by atoms with Gasteiger partial charge in [-0.05, 0) is 50.8 Å². The second-order valence-corrected chi connectivity index (χ2v) is 10.1. The maximum absolute atomic E-state index is 13.3. The van der Waals surface area contributed by atoms with Gasteiger partial charge in [0.1, 0.15) is 4.90 Å². The number of carbonyl (C=O) groups excluding carboxylic acids is 1. The molecule has 0 spiro atoms. The number of hydrogen-bond donors (Lipinski definition) is 0. The van der Waals surface area contributed by atoms with E-state index in [-0.39, 0.29) is 16.6 Å². The fourth-order valence-electron chi connectivity index (χ4n) is 3.32. The van der Waals surface area contributed by atoms with E-state index in [4.69, 9.17) is 11.6 Å². The van der Waals surface area contributed by atoms with Crippen molar-refractivity contribution in [2.75, 3.05) is 10.8 Å². The van der Waals surface area contributed by atoms with Crippen molar-refractivity contribution in [2.45, 2.75) is 63.3 Å². The zero-order valence-corrected chi connectivity index (χ0v) is 19.3. The highest BCUT2D eigenvalue weighted by Crippen LogP contribution is 2.36. The summed E-state index contributed by atoms with van der Waals surface area (Å²) < 4.78 is 72.8. The number of anilines is 1. The maximum atomic E-state index is 13.3. The van der Waals surface area contributed by atoms with Crippen LogP contribution < -0.4 is 4.31 Å². The van der Waals surface area contributed by atoms with Gasteiger partial charge in [0.25, 0.3) is 10.0 Å². The van der Waals surface area contributed by atoms with Crippen molar-refractivity contribution in [1.29, 1.82) is 0 Å². The van der Waals surface area contributed by atoms with Crippen molar-refractivity contribution in [3.8, 4) is 0 Å². The molecule has 32 heavy (non-hydrogen) atoms. The number of hydrogen-bond acceptors (Lipinski definition) is 5. The monoisotopic (exact) mass is 493 g/mol. The lowest BCUT2D eigenvalue weighted by atomic mass is 10.00. The standard InChI is InChI=1S/C20H23ClF3N3O4S/c1-4-26-12-16(18(21)25-26)32(29,30)27-9-5-6-14-8-7-13(10-15(14)27)11-17(28)31-19(2,3)20(22,23)24/h7-8,10,12H,4-6,9,11H2,1-3H3. The summed E-state index contributed by atoms with van der Waals surface area (Å²) in [5.41, 5.74) is -1.20. The number of aromatic nitrogens is 2. The van der Waals surface area contributed by atoms with Crippen LogP contribution in [0.3, 0.4) is 0 Å². The number of fused-ring (bicyclic) bond motifs is 1. The molecule has 12 heteroatoms. The van der Waals surface area contributed by atoms with E-state index >= 15 is 0 Å². The smallest absolute Gasteiger partial charge is 0.427 e. The maximum Gasteiger partial charge on any atom is 0.427 e. The molecule has 0 amide bonds. The first kappa shape index (κ1) is 24.4. The van der Waals surface area contributed by atoms with E-state index in [0.29, 0.717) is 30.6 Å². The number of aryl methyl sites for hydroxylation is 2. The summed E-state index contributed by atoms with van der Waals surface area (Å²) in [6, 6.07) is 4.75. The number of ether oxygens (including phenoxy) is 1. The second-order valence-electron chi connectivity index (χ2n) is 7.94. The number of alkyl halides is 3. The Morgan fingerprint density at radius 1 is 1.28 bits per heavy atom. The Morgan fingerprint density at radius 3 is 2.56 bits per heavy atom. The Labute approximate surface area is 189 Å². The summed E-state index contributed by atoms with van der Waals surface area (Å²) in [5.74, 6) is -1.07. The average Bonchev–Trinajstić information content (AvgIpc) is 3.07. The molecule has 0 bridgehead atoms. The van der Waals surface area contributed by atoms with Crippen LogP contribution in [0.25, 0.3) is 0 Å². The SMILES string of the molecule is CCn1cc(S(=O)(=O)N2CCCc3ccc(CC(=O)OC(C)(C)C(F)(F)F)cc32)c(Cl)n1. The molecule has 0 fully saturated rings. The van der Waals surface area contributed by atoms with Gasteiger partial charge in [-0.25, -0.2) is 8.42 Å². The van der Waals surface area contributed by atoms with Crippen molar-refractivity contribution >= 4 is 33.3 Å². The van der Waals surface area contributed by atoms with E-state index in [9.17, 15) is 26.4 Å². The fourth-order valence-corrected chi connectivity index (χ4v) is 5.31. The molecule has 7 nitrogen and oxygen atoms in total. The van der Waals surface area contributed by atoms with Crippen LogP contribution in [0, 0.1) is 0 Å². The second kappa shape index (κ2) is 8.58. The average molecular weight is 494 g/mol. The third-order valence-corrected chi connectivity index (χ3v) is 7.41. The van der Waals surface area contributed by atoms with Gasteiger partial charge in [0.15, 0.2) is 5.15 Å². The first-order chi connectivity index (χ1) is 14.8. The van der Waals surface area contributed by atoms with Crippen LogP contribution in [0.1, 0.15) is 38.3 Å². The molecule has 3 rings (SSSR count). The molecular formula is C20H23ClF3N3O4S. The Morgan fingerprint density at radius 2 is 1.97 bits per heavy atom. The largest absolute Gasteiger partial charge is 0.450 e. The molecule has 2 aromatic rings. The van der Waals surface area contributed by atoms with Crippen molar-refractivity contribution < 1.29 is 31.1 Å². The molecule has 2 heterocycles. The van der Waals surface area contributed by atoms with Gasteiger partial charge in [-0.3, -0.25) is 13.8 Å². The predicted octanol–water partition coefficient (Wildman–Crippen LogP) is 4.12. The Bertz CT molecular complexity index is 1130. The zero-order valence-electron chi connectivity index (χ0n) is 17.7. The van der Waals surface area contributed by atoms with Crippen LogP contribution in [0.4, 0.5) is 18.9 Å². The van der Waals surface area contributed by atoms with Crippen LogP contribution in [-0.4, -0.2) is 42.5 Å². The first-order valence-corrected chi connectivity index (χ1v) is 11.7. The summed E-state index contributed by atoms with van der Waals surface area (Å²) in [4.78, 5) is 12.0. The van der Waals surface area contributed by atoms with E-state index in [1.54, 1.807) is 19.1 Å². The lowest BCUT2D eigenvalue weighted by Gasteiger charge is -2.31. The van der Waals surface area contributed by atoms with Crippen molar-refractivity contribution in [3.05, 3.63) is 40.7 Å². The third kappa shape index (κ3) is 4.73. The first-order valence-electron chi connectivity index (χ1n) is 9.92. The van der Waals surface area contributed by atoms with Crippen LogP contribution in [0.5, 0.6) is 0 Å². The van der Waals surface area contributed by atoms with Gasteiger partial charge in [-0.15, -0.1) is 0 Å². The Balaban J connectivity index is 1.90. The normalized spacial score (nSPS) is 14.9. The minimum Gasteiger partial charge on any atom is -0.450 e. The van der Waals surface area contributed by atoms with Crippen LogP contribution in [0.15, 0.2) is 29.3 Å². The number of halogens is 4. The molecule has 0 N–H and O–H groups in total. The zero-order chi connectivity index (χ0) is 23.9. The summed E-state index contributed by atoms with van der Waals surface area (Å²) in [6.45, 7) is 3.96. The molecule has 0 unspecified atom stereocenters. The lowest BCUT2D eigenvalue weighted by Crippen LogP contribution is -2.43. The molecule has 0 aliphatic carbocycles. The van der Waals surface area contributed by atoms with Crippen molar-refractivity contribution in [2.24, 2.45) is 0 Å². The molecule has 0 saturated carbocycles. The molecule has 1 aliphatic rings. The van der Waals surface area contributed by atoms with Gasteiger partial charge in [0, 0.05) is 19.3 Å². The number of carbonyl (C=O) groups is 1. The molecular weight excluding hydrogens is 471 g/mol. The molecule has 0 radical (unpaired) electrons. The summed E-state index contributed by atoms with van der Waals surface area (Å²) in [6.07, 6.45) is -2.60. The highest BCUT2D eigenvalue weighted by Gasteiger charge is 2.50. The number of nitrogens with zero attached hydrogens (tertiary/aromatic N) is 3. The van der Waals surface area contributed by atoms with E-state index < -0.39 is 34.2 Å².